The highest BCUT2D eigenvalue weighted by Gasteiger charge is 2.25. The highest BCUT2D eigenvalue weighted by atomic mass is 32.2. The van der Waals surface area contributed by atoms with Crippen LogP contribution in [-0.4, -0.2) is 36.4 Å². The van der Waals surface area contributed by atoms with Crippen molar-refractivity contribution >= 4 is 25.9 Å². The topological polar surface area (TPSA) is 38.3 Å². The lowest BCUT2D eigenvalue weighted by Gasteiger charge is -2.28. The number of nitrogens with one attached hydrogen (secondary N) is 1. The number of benzene rings is 1. The standard InChI is InChI=1S/C20H35NO2SSi/c1-16(25(5,6)7)24-15-18(21-19(22)23-20(2,3)4)14-13-17-11-9-8-10-12-17/h8-12,16,18H,13-15H2,1-7H3,(H,21,22). The van der Waals surface area contributed by atoms with E-state index in [0.717, 1.165) is 18.6 Å². The largest absolute Gasteiger partial charge is 0.444 e. The van der Waals surface area contributed by atoms with Crippen molar-refractivity contribution in [2.75, 3.05) is 5.75 Å². The molecular formula is C20H35NO2SSi. The normalized spacial score (nSPS) is 14.7. The lowest BCUT2D eigenvalue weighted by atomic mass is 10.1. The van der Waals surface area contributed by atoms with Crippen LogP contribution in [0, 0.1) is 0 Å². The van der Waals surface area contributed by atoms with Crippen molar-refractivity contribution in [3.05, 3.63) is 35.9 Å². The fourth-order valence-electron chi connectivity index (χ4n) is 2.17. The summed E-state index contributed by atoms with van der Waals surface area (Å²) in [6.07, 6.45) is 1.57. The Balaban J connectivity index is 2.63. The van der Waals surface area contributed by atoms with Crippen LogP contribution in [0.2, 0.25) is 19.6 Å². The van der Waals surface area contributed by atoms with Crippen molar-refractivity contribution in [2.24, 2.45) is 0 Å². The molecule has 0 heterocycles. The third-order valence-corrected chi connectivity index (χ3v) is 10.3. The van der Waals surface area contributed by atoms with Gasteiger partial charge < -0.3 is 10.1 Å². The third kappa shape index (κ3) is 9.95. The van der Waals surface area contributed by atoms with Gasteiger partial charge in [0.2, 0.25) is 0 Å². The van der Waals surface area contributed by atoms with Crippen LogP contribution in [0.3, 0.4) is 0 Å². The molecule has 5 heteroatoms. The van der Waals surface area contributed by atoms with Crippen molar-refractivity contribution in [1.82, 2.24) is 5.32 Å². The van der Waals surface area contributed by atoms with Gasteiger partial charge in [0.15, 0.2) is 0 Å². The molecule has 0 fully saturated rings. The van der Waals surface area contributed by atoms with E-state index >= 15 is 0 Å². The molecular weight excluding hydrogens is 346 g/mol. The molecule has 2 atom stereocenters. The van der Waals surface area contributed by atoms with Gasteiger partial charge in [-0.05, 0) is 44.0 Å². The number of alkyl carbamates (subject to hydrolysis) is 1. The molecule has 0 radical (unpaired) electrons. The van der Waals surface area contributed by atoms with Crippen molar-refractivity contribution in [2.45, 2.75) is 76.7 Å². The zero-order valence-corrected chi connectivity index (χ0v) is 18.7. The number of thioether (sulfide) groups is 1. The minimum absolute atomic E-state index is 0.124. The number of carbonyl (C=O) groups excluding carboxylic acids is 1. The van der Waals surface area contributed by atoms with E-state index in [4.69, 9.17) is 4.74 Å². The van der Waals surface area contributed by atoms with Crippen LogP contribution in [0.1, 0.15) is 39.7 Å². The third-order valence-electron chi connectivity index (χ3n) is 4.11. The van der Waals surface area contributed by atoms with Gasteiger partial charge in [-0.2, -0.15) is 11.8 Å². The van der Waals surface area contributed by atoms with Crippen LogP contribution in [0.25, 0.3) is 0 Å². The Morgan fingerprint density at radius 3 is 2.32 bits per heavy atom. The summed E-state index contributed by atoms with van der Waals surface area (Å²) in [5.74, 6) is 0.928. The van der Waals surface area contributed by atoms with Gasteiger partial charge in [0.1, 0.15) is 5.60 Å². The van der Waals surface area contributed by atoms with Crippen LogP contribution >= 0.6 is 11.8 Å². The summed E-state index contributed by atoms with van der Waals surface area (Å²) in [4.78, 5) is 12.8. The lowest BCUT2D eigenvalue weighted by Crippen LogP contribution is -2.42. The molecule has 0 bridgehead atoms. The molecule has 2 unspecified atom stereocenters. The average molecular weight is 382 g/mol. The smallest absolute Gasteiger partial charge is 0.407 e. The molecule has 142 valence electrons. The quantitative estimate of drug-likeness (QED) is 0.603. The van der Waals surface area contributed by atoms with Crippen LogP contribution < -0.4 is 5.32 Å². The van der Waals surface area contributed by atoms with Crippen LogP contribution in [0.5, 0.6) is 0 Å². The summed E-state index contributed by atoms with van der Waals surface area (Å²) >= 11 is 1.98. The number of hydrogen-bond acceptors (Lipinski definition) is 3. The van der Waals surface area contributed by atoms with Crippen LogP contribution in [0.15, 0.2) is 30.3 Å². The second-order valence-corrected chi connectivity index (χ2v) is 16.1. The number of ether oxygens (including phenoxy) is 1. The Morgan fingerprint density at radius 2 is 1.80 bits per heavy atom. The Hall–Kier alpha value is -0.943. The van der Waals surface area contributed by atoms with Crippen molar-refractivity contribution < 1.29 is 9.53 Å². The number of hydrogen-bond donors (Lipinski definition) is 1. The Bertz CT molecular complexity index is 523. The fourth-order valence-corrected chi connectivity index (χ4v) is 5.23. The second kappa shape index (κ2) is 9.67. The van der Waals surface area contributed by atoms with E-state index in [9.17, 15) is 4.79 Å². The van der Waals surface area contributed by atoms with E-state index in [1.807, 2.05) is 38.6 Å². The van der Waals surface area contributed by atoms with Gasteiger partial charge in [0, 0.05) is 11.8 Å². The van der Waals surface area contributed by atoms with Gasteiger partial charge in [-0.15, -0.1) is 0 Å². The molecule has 1 rings (SSSR count). The number of carbonyl (C=O) groups is 1. The maximum Gasteiger partial charge on any atom is 0.407 e. The summed E-state index contributed by atoms with van der Waals surface area (Å²) < 4.78 is 5.44. The highest BCUT2D eigenvalue weighted by Crippen LogP contribution is 2.23. The summed E-state index contributed by atoms with van der Waals surface area (Å²) in [7, 11) is -1.17. The maximum atomic E-state index is 12.2. The maximum absolute atomic E-state index is 12.2. The second-order valence-electron chi connectivity index (χ2n) is 8.71. The minimum Gasteiger partial charge on any atom is -0.444 e. The summed E-state index contributed by atoms with van der Waals surface area (Å²) in [6, 6.07) is 10.6. The molecule has 1 aromatic carbocycles. The molecule has 25 heavy (non-hydrogen) atoms. The average Bonchev–Trinajstić information content (AvgIpc) is 2.47. The summed E-state index contributed by atoms with van der Waals surface area (Å²) in [5.41, 5.74) is 0.842. The molecule has 0 aliphatic heterocycles. The molecule has 1 amide bonds. The molecule has 0 aliphatic rings. The van der Waals surface area contributed by atoms with Crippen LogP contribution in [0.4, 0.5) is 4.79 Å². The van der Waals surface area contributed by atoms with E-state index in [1.54, 1.807) is 0 Å². The fraction of sp³-hybridized carbons (Fsp3) is 0.650. The first kappa shape index (κ1) is 22.1. The highest BCUT2D eigenvalue weighted by molar-refractivity contribution is 8.01. The van der Waals surface area contributed by atoms with Gasteiger partial charge >= 0.3 is 6.09 Å². The molecule has 0 saturated carbocycles. The lowest BCUT2D eigenvalue weighted by molar-refractivity contribution is 0.0507. The predicted molar refractivity (Wildman–Crippen MR) is 113 cm³/mol. The summed E-state index contributed by atoms with van der Waals surface area (Å²) in [6.45, 7) is 15.2. The van der Waals surface area contributed by atoms with Crippen molar-refractivity contribution in [1.29, 1.82) is 0 Å². The first-order valence-electron chi connectivity index (χ1n) is 9.12. The number of aryl methyl sites for hydroxylation is 1. The van der Waals surface area contributed by atoms with Crippen molar-refractivity contribution in [3.8, 4) is 0 Å². The Kier molecular flexibility index (Phi) is 8.55. The van der Waals surface area contributed by atoms with E-state index in [0.29, 0.717) is 4.87 Å². The number of rotatable bonds is 8. The molecule has 1 N–H and O–H groups in total. The van der Waals surface area contributed by atoms with Gasteiger partial charge in [0.05, 0.1) is 8.07 Å². The summed E-state index contributed by atoms with van der Waals surface area (Å²) in [5, 5.41) is 3.08. The minimum atomic E-state index is -1.17. The molecule has 0 spiro atoms. The SMILES string of the molecule is CC(SCC(CCc1ccccc1)NC(=O)OC(C)(C)C)[Si](C)(C)C. The first-order chi connectivity index (χ1) is 11.5. The monoisotopic (exact) mass is 381 g/mol. The van der Waals surface area contributed by atoms with E-state index in [1.165, 1.54) is 5.56 Å². The molecule has 1 aromatic rings. The van der Waals surface area contributed by atoms with E-state index in [2.05, 4.69) is 56.1 Å². The molecule has 3 nitrogen and oxygen atoms in total. The van der Waals surface area contributed by atoms with E-state index < -0.39 is 13.7 Å². The Labute approximate surface area is 159 Å². The molecule has 0 aliphatic carbocycles. The zero-order valence-electron chi connectivity index (χ0n) is 16.9. The van der Waals surface area contributed by atoms with Crippen LogP contribution in [-0.2, 0) is 11.2 Å². The van der Waals surface area contributed by atoms with Gasteiger partial charge in [-0.25, -0.2) is 4.79 Å². The molecule has 0 saturated heterocycles. The first-order valence-corrected chi connectivity index (χ1v) is 13.7. The number of amides is 1. The van der Waals surface area contributed by atoms with Gasteiger partial charge in [-0.1, -0.05) is 56.9 Å². The van der Waals surface area contributed by atoms with E-state index in [-0.39, 0.29) is 12.1 Å². The predicted octanol–water partition coefficient (Wildman–Crippen LogP) is 5.51. The van der Waals surface area contributed by atoms with Gasteiger partial charge in [-0.3, -0.25) is 0 Å². The Morgan fingerprint density at radius 1 is 1.20 bits per heavy atom. The van der Waals surface area contributed by atoms with Gasteiger partial charge in [0.25, 0.3) is 0 Å². The van der Waals surface area contributed by atoms with Crippen molar-refractivity contribution in [3.63, 3.8) is 0 Å². The zero-order chi connectivity index (χ0) is 19.1. The molecule has 0 aromatic heterocycles.